The predicted molar refractivity (Wildman–Crippen MR) is 98.8 cm³/mol. The van der Waals surface area contributed by atoms with E-state index in [9.17, 15) is 9.59 Å². The van der Waals surface area contributed by atoms with Crippen LogP contribution in [-0.2, 0) is 9.59 Å². The smallest absolute Gasteiger partial charge is 0.227 e. The lowest BCUT2D eigenvalue weighted by molar-refractivity contribution is -0.126. The number of hydrogen-bond donors (Lipinski definition) is 2. The number of benzene rings is 1. The number of halogens is 1. The lowest BCUT2D eigenvalue weighted by atomic mass is 10.1. The van der Waals surface area contributed by atoms with Gasteiger partial charge in [0, 0.05) is 31.6 Å². The zero-order chi connectivity index (χ0) is 17.7. The molecule has 8 heteroatoms. The number of likely N-dealkylation sites (N-methyl/N-ethyl adjacent to an activating group) is 1. The molecule has 0 aliphatic carbocycles. The Balaban J connectivity index is 0.00000312. The van der Waals surface area contributed by atoms with E-state index in [0.717, 1.165) is 0 Å². The molecule has 0 bridgehead atoms. The Hall–Kier alpha value is -1.99. The first kappa shape index (κ1) is 21.1. The van der Waals surface area contributed by atoms with Crippen LogP contribution in [0.4, 0.5) is 5.69 Å². The van der Waals surface area contributed by atoms with Crippen molar-refractivity contribution in [2.24, 2.45) is 5.92 Å². The maximum atomic E-state index is 12.4. The van der Waals surface area contributed by atoms with Gasteiger partial charge in [-0.1, -0.05) is 0 Å². The number of carbonyl (C=O) groups is 2. The zero-order valence-corrected chi connectivity index (χ0v) is 15.8. The molecule has 7 nitrogen and oxygen atoms in total. The van der Waals surface area contributed by atoms with Crippen LogP contribution in [0.5, 0.6) is 11.5 Å². The summed E-state index contributed by atoms with van der Waals surface area (Å²) in [6.07, 6.45) is 0.203. The molecule has 2 amide bonds. The first-order valence-electron chi connectivity index (χ1n) is 7.97. The topological polar surface area (TPSA) is 79.9 Å². The van der Waals surface area contributed by atoms with Gasteiger partial charge in [0.1, 0.15) is 11.5 Å². The van der Waals surface area contributed by atoms with Crippen LogP contribution in [0.3, 0.4) is 0 Å². The van der Waals surface area contributed by atoms with Gasteiger partial charge in [0.2, 0.25) is 11.8 Å². The van der Waals surface area contributed by atoms with E-state index < -0.39 is 0 Å². The van der Waals surface area contributed by atoms with Gasteiger partial charge in [-0.2, -0.15) is 0 Å². The third-order valence-corrected chi connectivity index (χ3v) is 4.25. The van der Waals surface area contributed by atoms with Crippen LogP contribution in [0.25, 0.3) is 0 Å². The molecule has 0 aromatic heterocycles. The van der Waals surface area contributed by atoms with E-state index in [-0.39, 0.29) is 42.6 Å². The van der Waals surface area contributed by atoms with Crippen molar-refractivity contribution in [1.82, 2.24) is 10.6 Å². The van der Waals surface area contributed by atoms with Crippen molar-refractivity contribution in [2.45, 2.75) is 19.4 Å². The summed E-state index contributed by atoms with van der Waals surface area (Å²) in [4.78, 5) is 26.2. The third-order valence-electron chi connectivity index (χ3n) is 4.25. The van der Waals surface area contributed by atoms with Crippen molar-refractivity contribution in [3.63, 3.8) is 0 Å². The van der Waals surface area contributed by atoms with Crippen molar-refractivity contribution >= 4 is 29.9 Å². The molecule has 2 unspecified atom stereocenters. The van der Waals surface area contributed by atoms with Crippen molar-refractivity contribution < 1.29 is 19.1 Å². The van der Waals surface area contributed by atoms with Gasteiger partial charge in [0.25, 0.3) is 0 Å². The Morgan fingerprint density at radius 2 is 2.08 bits per heavy atom. The SMILES string of the molecule is CNC(C)CNC(=O)C1CC(=O)N(c2ccc(OC)cc2OC)C1.Cl. The minimum absolute atomic E-state index is 0. The second-order valence-corrected chi connectivity index (χ2v) is 5.88. The molecular formula is C17H26ClN3O4. The highest BCUT2D eigenvalue weighted by Gasteiger charge is 2.36. The summed E-state index contributed by atoms with van der Waals surface area (Å²) in [7, 11) is 4.96. The van der Waals surface area contributed by atoms with Crippen LogP contribution in [-0.4, -0.2) is 52.2 Å². The summed E-state index contributed by atoms with van der Waals surface area (Å²) in [5.41, 5.74) is 0.655. The number of nitrogens with zero attached hydrogens (tertiary/aromatic N) is 1. The number of ether oxygens (including phenoxy) is 2. The van der Waals surface area contributed by atoms with Crippen LogP contribution >= 0.6 is 12.4 Å². The fourth-order valence-electron chi connectivity index (χ4n) is 2.62. The van der Waals surface area contributed by atoms with Gasteiger partial charge < -0.3 is 25.0 Å². The molecule has 2 atom stereocenters. The van der Waals surface area contributed by atoms with Gasteiger partial charge in [0.05, 0.1) is 25.8 Å². The minimum Gasteiger partial charge on any atom is -0.497 e. The number of anilines is 1. The number of nitrogens with one attached hydrogen (secondary N) is 2. The summed E-state index contributed by atoms with van der Waals surface area (Å²) in [5, 5.41) is 5.94. The van der Waals surface area contributed by atoms with Gasteiger partial charge in [-0.25, -0.2) is 0 Å². The third kappa shape index (κ3) is 4.99. The highest BCUT2D eigenvalue weighted by atomic mass is 35.5. The number of hydrogen-bond acceptors (Lipinski definition) is 5. The van der Waals surface area contributed by atoms with E-state index in [1.807, 2.05) is 14.0 Å². The standard InChI is InChI=1S/C17H25N3O4.ClH/c1-11(18-2)9-19-17(22)12-7-16(21)20(10-12)14-6-5-13(23-3)8-15(14)24-4;/h5-6,8,11-12,18H,7,9-10H2,1-4H3,(H,19,22);1H. The highest BCUT2D eigenvalue weighted by Crippen LogP contribution is 2.35. The monoisotopic (exact) mass is 371 g/mol. The quantitative estimate of drug-likeness (QED) is 0.753. The molecule has 1 aliphatic rings. The van der Waals surface area contributed by atoms with Crippen LogP contribution in [0.15, 0.2) is 18.2 Å². The molecule has 1 aliphatic heterocycles. The van der Waals surface area contributed by atoms with Gasteiger partial charge in [-0.3, -0.25) is 9.59 Å². The Labute approximate surface area is 154 Å². The average Bonchev–Trinajstić information content (AvgIpc) is 3.00. The van der Waals surface area contributed by atoms with E-state index in [4.69, 9.17) is 9.47 Å². The summed E-state index contributed by atoms with van der Waals surface area (Å²) in [6.45, 7) is 2.86. The normalized spacial score (nSPS) is 17.7. The summed E-state index contributed by atoms with van der Waals surface area (Å²) < 4.78 is 10.5. The largest absolute Gasteiger partial charge is 0.497 e. The maximum Gasteiger partial charge on any atom is 0.227 e. The van der Waals surface area contributed by atoms with Crippen LogP contribution in [0.1, 0.15) is 13.3 Å². The Kier molecular flexibility index (Phi) is 7.99. The molecule has 0 saturated carbocycles. The molecule has 0 spiro atoms. The zero-order valence-electron chi connectivity index (χ0n) is 15.0. The van der Waals surface area contributed by atoms with E-state index in [0.29, 0.717) is 30.3 Å². The predicted octanol–water partition coefficient (Wildman–Crippen LogP) is 1.20. The van der Waals surface area contributed by atoms with Crippen LogP contribution in [0.2, 0.25) is 0 Å². The summed E-state index contributed by atoms with van der Waals surface area (Å²) >= 11 is 0. The Morgan fingerprint density at radius 3 is 2.68 bits per heavy atom. The minimum atomic E-state index is -0.353. The van der Waals surface area contributed by atoms with Crippen molar-refractivity contribution in [3.8, 4) is 11.5 Å². The van der Waals surface area contributed by atoms with E-state index in [1.54, 1.807) is 37.3 Å². The van der Waals surface area contributed by atoms with Crippen molar-refractivity contribution in [3.05, 3.63) is 18.2 Å². The van der Waals surface area contributed by atoms with Gasteiger partial charge in [-0.15, -0.1) is 12.4 Å². The molecule has 0 radical (unpaired) electrons. The average molecular weight is 372 g/mol. The van der Waals surface area contributed by atoms with Gasteiger partial charge in [0.15, 0.2) is 0 Å². The lowest BCUT2D eigenvalue weighted by Gasteiger charge is -2.20. The van der Waals surface area contributed by atoms with E-state index >= 15 is 0 Å². The molecule has 140 valence electrons. The first-order valence-corrected chi connectivity index (χ1v) is 7.97. The number of carbonyl (C=O) groups excluding carboxylic acids is 2. The van der Waals surface area contributed by atoms with Crippen molar-refractivity contribution in [2.75, 3.05) is 39.3 Å². The van der Waals surface area contributed by atoms with E-state index in [2.05, 4.69) is 10.6 Å². The molecule has 25 heavy (non-hydrogen) atoms. The molecule has 1 saturated heterocycles. The van der Waals surface area contributed by atoms with E-state index in [1.165, 1.54) is 0 Å². The maximum absolute atomic E-state index is 12.4. The van der Waals surface area contributed by atoms with Gasteiger partial charge >= 0.3 is 0 Å². The van der Waals surface area contributed by atoms with Crippen molar-refractivity contribution in [1.29, 1.82) is 0 Å². The van der Waals surface area contributed by atoms with Crippen LogP contribution < -0.4 is 25.0 Å². The molecule has 1 aromatic carbocycles. The molecular weight excluding hydrogens is 346 g/mol. The van der Waals surface area contributed by atoms with Crippen LogP contribution in [0, 0.1) is 5.92 Å². The number of rotatable bonds is 7. The molecule has 2 rings (SSSR count). The summed E-state index contributed by atoms with van der Waals surface area (Å²) in [6, 6.07) is 5.46. The first-order chi connectivity index (χ1) is 11.5. The number of methoxy groups -OCH3 is 2. The fraction of sp³-hybridized carbons (Fsp3) is 0.529. The lowest BCUT2D eigenvalue weighted by Crippen LogP contribution is -2.40. The Morgan fingerprint density at radius 1 is 1.36 bits per heavy atom. The summed E-state index contributed by atoms with van der Waals surface area (Å²) in [5.74, 6) is 0.666. The second kappa shape index (κ2) is 9.48. The fourth-order valence-corrected chi connectivity index (χ4v) is 2.62. The highest BCUT2D eigenvalue weighted by molar-refractivity contribution is 6.01. The molecule has 1 heterocycles. The van der Waals surface area contributed by atoms with Gasteiger partial charge in [-0.05, 0) is 26.1 Å². The Bertz CT molecular complexity index is 612. The molecule has 2 N–H and O–H groups in total. The molecule has 1 aromatic rings. The molecule has 1 fully saturated rings. The number of amides is 2. The second-order valence-electron chi connectivity index (χ2n) is 5.88.